The van der Waals surface area contributed by atoms with Gasteiger partial charge in [-0.1, -0.05) is 12.5 Å². The number of nitrogens with one attached hydrogen (secondary N) is 2. The van der Waals surface area contributed by atoms with Gasteiger partial charge in [0.15, 0.2) is 0 Å². The van der Waals surface area contributed by atoms with Gasteiger partial charge in [0.05, 0.1) is 34.1 Å². The summed E-state index contributed by atoms with van der Waals surface area (Å²) in [6.45, 7) is 3.72. The van der Waals surface area contributed by atoms with Crippen LogP contribution >= 0.6 is 23.1 Å². The fraction of sp³-hybridized carbons (Fsp3) is 0.300. The average Bonchev–Trinajstić information content (AvgIpc) is 3.12. The van der Waals surface area contributed by atoms with E-state index in [0.29, 0.717) is 21.1 Å². The number of aryl methyl sites for hydroxylation is 1. The van der Waals surface area contributed by atoms with Crippen LogP contribution in [0.15, 0.2) is 47.4 Å². The van der Waals surface area contributed by atoms with Gasteiger partial charge in [-0.3, -0.25) is 9.59 Å². The molecule has 1 atom stereocenters. The minimum Gasteiger partial charge on any atom is -0.478 e. The Morgan fingerprint density at radius 3 is 2.43 bits per heavy atom. The second-order valence-electron chi connectivity index (χ2n) is 9.59. The summed E-state index contributed by atoms with van der Waals surface area (Å²) < 4.78 is 5.30. The summed E-state index contributed by atoms with van der Waals surface area (Å²) >= 11 is 2.68. The lowest BCUT2D eigenvalue weighted by Gasteiger charge is -2.14. The summed E-state index contributed by atoms with van der Waals surface area (Å²) in [5.74, 6) is -4.18. The summed E-state index contributed by atoms with van der Waals surface area (Å²) in [6.07, 6.45) is 4.75. The van der Waals surface area contributed by atoms with Gasteiger partial charge in [-0.05, 0) is 81.5 Å². The molecular formula is C30H30N2O8S2. The first kappa shape index (κ1) is 30.8. The van der Waals surface area contributed by atoms with Crippen molar-refractivity contribution < 1.29 is 38.9 Å². The second kappa shape index (κ2) is 13.7. The Balaban J connectivity index is 1.47. The highest BCUT2D eigenvalue weighted by atomic mass is 32.2. The first-order chi connectivity index (χ1) is 20.1. The van der Waals surface area contributed by atoms with Gasteiger partial charge in [0.1, 0.15) is 5.00 Å². The minimum absolute atomic E-state index is 0.190. The van der Waals surface area contributed by atoms with E-state index in [0.717, 1.165) is 60.7 Å². The number of esters is 1. The Labute approximate surface area is 250 Å². The molecule has 1 aliphatic rings. The third-order valence-corrected chi connectivity index (χ3v) is 8.95. The molecule has 4 rings (SSSR count). The van der Waals surface area contributed by atoms with Gasteiger partial charge < -0.3 is 25.6 Å². The van der Waals surface area contributed by atoms with Gasteiger partial charge in [0.2, 0.25) is 5.91 Å². The van der Waals surface area contributed by atoms with E-state index >= 15 is 0 Å². The predicted octanol–water partition coefficient (Wildman–Crippen LogP) is 5.96. The molecular weight excluding hydrogens is 580 g/mol. The maximum Gasteiger partial charge on any atom is 0.341 e. The van der Waals surface area contributed by atoms with Crippen LogP contribution in [0.5, 0.6) is 0 Å². The molecule has 10 nitrogen and oxygen atoms in total. The van der Waals surface area contributed by atoms with Crippen molar-refractivity contribution in [2.24, 2.45) is 0 Å². The van der Waals surface area contributed by atoms with Gasteiger partial charge in [-0.25, -0.2) is 14.4 Å². The molecule has 12 heteroatoms. The first-order valence-electron chi connectivity index (χ1n) is 13.4. The SMILES string of the molecule is CCOC(=O)c1c(NC(=O)C(C)Sc2cccc(NC(=O)c3ccc(C(=O)O)cc3C(=O)O)c2)sc2c1CCCCC2. The Morgan fingerprint density at radius 2 is 1.71 bits per heavy atom. The zero-order chi connectivity index (χ0) is 30.4. The number of benzene rings is 2. The van der Waals surface area contributed by atoms with Crippen LogP contribution in [-0.4, -0.2) is 51.8 Å². The van der Waals surface area contributed by atoms with E-state index in [1.807, 2.05) is 0 Å². The lowest BCUT2D eigenvalue weighted by atomic mass is 10.0. The average molecular weight is 611 g/mol. The van der Waals surface area contributed by atoms with E-state index in [9.17, 15) is 29.1 Å². The van der Waals surface area contributed by atoms with Crippen LogP contribution in [0.4, 0.5) is 10.7 Å². The Kier molecular flexibility index (Phi) is 10.0. The number of carbonyl (C=O) groups excluding carboxylic acids is 3. The number of ether oxygens (including phenoxy) is 1. The summed E-state index contributed by atoms with van der Waals surface area (Å²) in [4.78, 5) is 63.5. The van der Waals surface area contributed by atoms with E-state index in [4.69, 9.17) is 9.84 Å². The van der Waals surface area contributed by atoms with Crippen LogP contribution in [0, 0.1) is 0 Å². The fourth-order valence-electron chi connectivity index (χ4n) is 4.62. The van der Waals surface area contributed by atoms with Crippen LogP contribution in [0.2, 0.25) is 0 Å². The monoisotopic (exact) mass is 610 g/mol. The quantitative estimate of drug-likeness (QED) is 0.123. The van der Waals surface area contributed by atoms with Gasteiger partial charge in [-0.2, -0.15) is 0 Å². The topological polar surface area (TPSA) is 159 Å². The van der Waals surface area contributed by atoms with Crippen molar-refractivity contribution >= 4 is 63.5 Å². The molecule has 0 radical (unpaired) electrons. The van der Waals surface area contributed by atoms with Crippen molar-refractivity contribution in [2.45, 2.75) is 56.1 Å². The summed E-state index contributed by atoms with van der Waals surface area (Å²) in [7, 11) is 0. The fourth-order valence-corrected chi connectivity index (χ4v) is 6.83. The number of carboxylic acids is 2. The van der Waals surface area contributed by atoms with Crippen molar-refractivity contribution in [1.29, 1.82) is 0 Å². The van der Waals surface area contributed by atoms with Crippen molar-refractivity contribution in [3.05, 3.63) is 75.2 Å². The second-order valence-corrected chi connectivity index (χ2v) is 12.1. The summed E-state index contributed by atoms with van der Waals surface area (Å²) in [5, 5.41) is 24.1. The number of carbonyl (C=O) groups is 5. The molecule has 2 aromatic carbocycles. The van der Waals surface area contributed by atoms with Crippen molar-refractivity contribution in [1.82, 2.24) is 0 Å². The molecule has 1 aromatic heterocycles. The number of fused-ring (bicyclic) bond motifs is 1. The highest BCUT2D eigenvalue weighted by molar-refractivity contribution is 8.00. The lowest BCUT2D eigenvalue weighted by molar-refractivity contribution is -0.115. The highest BCUT2D eigenvalue weighted by Crippen LogP contribution is 2.38. The molecule has 2 amide bonds. The number of thioether (sulfide) groups is 1. The number of hydrogen-bond acceptors (Lipinski definition) is 8. The van der Waals surface area contributed by atoms with E-state index in [1.54, 1.807) is 38.1 Å². The molecule has 4 N–H and O–H groups in total. The van der Waals surface area contributed by atoms with Crippen molar-refractivity contribution in [2.75, 3.05) is 17.2 Å². The van der Waals surface area contributed by atoms with E-state index in [-0.39, 0.29) is 23.6 Å². The van der Waals surface area contributed by atoms with Gasteiger partial charge in [0, 0.05) is 15.5 Å². The molecule has 0 bridgehead atoms. The maximum absolute atomic E-state index is 13.2. The van der Waals surface area contributed by atoms with Crippen LogP contribution in [-0.2, 0) is 22.4 Å². The molecule has 220 valence electrons. The van der Waals surface area contributed by atoms with Crippen LogP contribution < -0.4 is 10.6 Å². The number of rotatable bonds is 10. The third kappa shape index (κ3) is 7.18. The summed E-state index contributed by atoms with van der Waals surface area (Å²) in [5.41, 5.74) is 0.913. The molecule has 0 spiro atoms. The predicted molar refractivity (Wildman–Crippen MR) is 160 cm³/mol. The van der Waals surface area contributed by atoms with Gasteiger partial charge >= 0.3 is 17.9 Å². The molecule has 0 saturated heterocycles. The largest absolute Gasteiger partial charge is 0.478 e. The van der Waals surface area contributed by atoms with Gasteiger partial charge in [-0.15, -0.1) is 23.1 Å². The number of carboxylic acid groups (broad SMARTS) is 2. The Bertz CT molecular complexity index is 1550. The standard InChI is InChI=1S/C30H30N2O8S2/c1-3-40-30(39)24-21-10-5-4-6-11-23(21)42-27(24)32-25(33)16(2)41-19-9-7-8-18(15-19)31-26(34)20-13-12-17(28(35)36)14-22(20)29(37)38/h7-9,12-16H,3-6,10-11H2,1-2H3,(H,31,34)(H,32,33)(H,35,36)(H,37,38). The molecule has 0 fully saturated rings. The van der Waals surface area contributed by atoms with E-state index < -0.39 is 34.6 Å². The molecule has 0 aliphatic heterocycles. The first-order valence-corrected chi connectivity index (χ1v) is 15.1. The van der Waals surface area contributed by atoms with Crippen LogP contribution in [0.1, 0.15) is 85.0 Å². The Hall–Kier alpha value is -4.16. The van der Waals surface area contributed by atoms with E-state index in [1.165, 1.54) is 23.1 Å². The zero-order valence-corrected chi connectivity index (χ0v) is 24.7. The number of aromatic carboxylic acids is 2. The van der Waals surface area contributed by atoms with Gasteiger partial charge in [0.25, 0.3) is 5.91 Å². The van der Waals surface area contributed by atoms with Crippen molar-refractivity contribution in [3.63, 3.8) is 0 Å². The summed E-state index contributed by atoms with van der Waals surface area (Å²) in [6, 6.07) is 9.97. The molecule has 1 aliphatic carbocycles. The highest BCUT2D eigenvalue weighted by Gasteiger charge is 2.28. The van der Waals surface area contributed by atoms with Crippen molar-refractivity contribution in [3.8, 4) is 0 Å². The zero-order valence-electron chi connectivity index (χ0n) is 23.0. The number of thiophene rings is 1. The molecule has 0 saturated carbocycles. The Morgan fingerprint density at radius 1 is 0.952 bits per heavy atom. The molecule has 1 heterocycles. The van der Waals surface area contributed by atoms with Crippen LogP contribution in [0.3, 0.4) is 0 Å². The van der Waals surface area contributed by atoms with E-state index in [2.05, 4.69) is 10.6 Å². The smallest absolute Gasteiger partial charge is 0.341 e. The van der Waals surface area contributed by atoms with Crippen LogP contribution in [0.25, 0.3) is 0 Å². The number of hydrogen-bond donors (Lipinski definition) is 4. The lowest BCUT2D eigenvalue weighted by Crippen LogP contribution is -2.23. The molecule has 42 heavy (non-hydrogen) atoms. The normalized spacial score (nSPS) is 13.3. The minimum atomic E-state index is -1.43. The molecule has 1 unspecified atom stereocenters. The number of anilines is 2. The maximum atomic E-state index is 13.2. The number of amides is 2. The molecule has 3 aromatic rings. The third-order valence-electron chi connectivity index (χ3n) is 6.65.